The molecule has 1 aromatic heterocycles. The number of benzene rings is 1. The predicted molar refractivity (Wildman–Crippen MR) is 67.7 cm³/mol. The lowest BCUT2D eigenvalue weighted by molar-refractivity contribution is -0.177. The first-order valence-electron chi connectivity index (χ1n) is 6.17. The molecule has 0 radical (unpaired) electrons. The molecule has 0 aliphatic carbocycles. The second kappa shape index (κ2) is 6.13. The summed E-state index contributed by atoms with van der Waals surface area (Å²) in [4.78, 5) is 14.9. The lowest BCUT2D eigenvalue weighted by Gasteiger charge is -2.10. The van der Waals surface area contributed by atoms with E-state index in [1.807, 2.05) is 0 Å². The molecule has 0 aliphatic heterocycles. The molecular weight excluding hydrogens is 289 g/mol. The molecule has 0 unspecified atom stereocenters. The van der Waals surface area contributed by atoms with E-state index in [0.717, 1.165) is 0 Å². The van der Waals surface area contributed by atoms with Gasteiger partial charge < -0.3 is 14.4 Å². The highest BCUT2D eigenvalue weighted by molar-refractivity contribution is 5.76. The highest BCUT2D eigenvalue weighted by Crippen LogP contribution is 2.19. The fourth-order valence-electron chi connectivity index (χ4n) is 1.95. The number of nitrogens with zero attached hydrogens (tertiary/aromatic N) is 2. The molecule has 0 saturated carbocycles. The molecule has 21 heavy (non-hydrogen) atoms. The Balaban J connectivity index is 2.20. The monoisotopic (exact) mass is 302 g/mol. The van der Waals surface area contributed by atoms with Crippen LogP contribution in [0.25, 0.3) is 11.0 Å². The van der Waals surface area contributed by atoms with Crippen LogP contribution in [0.5, 0.6) is 0 Å². The third-order valence-electron chi connectivity index (χ3n) is 2.78. The van der Waals surface area contributed by atoms with E-state index in [1.165, 1.54) is 0 Å². The van der Waals surface area contributed by atoms with Crippen LogP contribution in [0.15, 0.2) is 24.3 Å². The molecule has 0 fully saturated rings. The summed E-state index contributed by atoms with van der Waals surface area (Å²) < 4.78 is 42.4. The normalized spacial score (nSPS) is 12.0. The second-order valence-corrected chi connectivity index (χ2v) is 4.42. The Hall–Kier alpha value is -2.09. The maximum atomic E-state index is 12.1. The summed E-state index contributed by atoms with van der Waals surface area (Å²) in [6.07, 6.45) is -4.55. The summed E-state index contributed by atoms with van der Waals surface area (Å²) in [7, 11) is 0. The van der Waals surface area contributed by atoms with Gasteiger partial charge in [-0.05, 0) is 12.1 Å². The largest absolute Gasteiger partial charge is 0.481 e. The quantitative estimate of drug-likeness (QED) is 0.891. The fraction of sp³-hybridized carbons (Fsp3) is 0.385. The first-order valence-corrected chi connectivity index (χ1v) is 6.17. The smallest absolute Gasteiger partial charge is 0.411 e. The number of rotatable bonds is 6. The van der Waals surface area contributed by atoms with Crippen LogP contribution in [0.4, 0.5) is 13.2 Å². The number of imidazole rings is 1. The van der Waals surface area contributed by atoms with Gasteiger partial charge in [-0.15, -0.1) is 0 Å². The number of carboxylic acid groups (broad SMARTS) is 1. The summed E-state index contributed by atoms with van der Waals surface area (Å²) in [6, 6.07) is 6.94. The van der Waals surface area contributed by atoms with Crippen LogP contribution in [-0.2, 0) is 22.7 Å². The number of para-hydroxylation sites is 2. The summed E-state index contributed by atoms with van der Waals surface area (Å²) in [6.45, 7) is -1.57. The van der Waals surface area contributed by atoms with Crippen molar-refractivity contribution in [3.63, 3.8) is 0 Å². The van der Waals surface area contributed by atoms with Gasteiger partial charge in [0, 0.05) is 6.54 Å². The average molecular weight is 302 g/mol. The molecule has 0 saturated heterocycles. The van der Waals surface area contributed by atoms with E-state index >= 15 is 0 Å². The molecule has 2 aromatic rings. The van der Waals surface area contributed by atoms with E-state index in [-0.39, 0.29) is 25.4 Å². The Kier molecular flexibility index (Phi) is 4.46. The lowest BCUT2D eigenvalue weighted by atomic mass is 10.3. The van der Waals surface area contributed by atoms with Gasteiger partial charge in [-0.2, -0.15) is 13.2 Å². The van der Waals surface area contributed by atoms with Crippen molar-refractivity contribution in [3.8, 4) is 0 Å². The zero-order valence-electron chi connectivity index (χ0n) is 10.9. The first kappa shape index (κ1) is 15.3. The average Bonchev–Trinajstić information content (AvgIpc) is 2.72. The first-order chi connectivity index (χ1) is 9.87. The molecule has 0 spiro atoms. The molecule has 1 N–H and O–H groups in total. The number of hydrogen-bond donors (Lipinski definition) is 1. The number of carboxylic acids is 1. The Bertz CT molecular complexity index is 637. The molecule has 8 heteroatoms. The van der Waals surface area contributed by atoms with Crippen LogP contribution in [0.3, 0.4) is 0 Å². The van der Waals surface area contributed by atoms with Gasteiger partial charge in [-0.3, -0.25) is 4.79 Å². The number of aryl methyl sites for hydroxylation is 1. The summed E-state index contributed by atoms with van der Waals surface area (Å²) >= 11 is 0. The van der Waals surface area contributed by atoms with Gasteiger partial charge in [-0.25, -0.2) is 4.98 Å². The summed E-state index contributed by atoms with van der Waals surface area (Å²) in [5.74, 6) is -0.711. The van der Waals surface area contributed by atoms with E-state index in [0.29, 0.717) is 11.0 Å². The van der Waals surface area contributed by atoms with Crippen molar-refractivity contribution in [2.45, 2.75) is 25.7 Å². The zero-order valence-corrected chi connectivity index (χ0v) is 10.9. The van der Waals surface area contributed by atoms with Gasteiger partial charge in [-0.1, -0.05) is 12.1 Å². The van der Waals surface area contributed by atoms with Crippen molar-refractivity contribution in [1.29, 1.82) is 0 Å². The van der Waals surface area contributed by atoms with Gasteiger partial charge in [0.1, 0.15) is 19.0 Å². The maximum Gasteiger partial charge on any atom is 0.411 e. The van der Waals surface area contributed by atoms with Gasteiger partial charge in [0.25, 0.3) is 0 Å². The number of aliphatic carboxylic acids is 1. The van der Waals surface area contributed by atoms with Crippen molar-refractivity contribution in [2.75, 3.05) is 6.61 Å². The summed E-state index contributed by atoms with van der Waals surface area (Å²) in [5, 5.41) is 8.74. The van der Waals surface area contributed by atoms with Gasteiger partial charge in [0.15, 0.2) is 0 Å². The minimum atomic E-state index is -4.40. The van der Waals surface area contributed by atoms with Crippen LogP contribution in [0, 0.1) is 0 Å². The molecule has 0 aliphatic rings. The summed E-state index contributed by atoms with van der Waals surface area (Å²) in [5.41, 5.74) is 1.26. The van der Waals surface area contributed by atoms with Gasteiger partial charge in [0.2, 0.25) is 0 Å². The van der Waals surface area contributed by atoms with Crippen molar-refractivity contribution in [2.24, 2.45) is 0 Å². The minimum Gasteiger partial charge on any atom is -0.481 e. The number of aromatic nitrogens is 2. The standard InChI is InChI=1S/C13H13F3N2O3/c14-13(15,16)8-21-7-11-17-9-3-1-2-4-10(9)18(11)6-5-12(19)20/h1-4H,5-8H2,(H,19,20). The Morgan fingerprint density at radius 1 is 1.33 bits per heavy atom. The second-order valence-electron chi connectivity index (χ2n) is 4.42. The molecule has 0 amide bonds. The number of hydrogen-bond acceptors (Lipinski definition) is 3. The maximum absolute atomic E-state index is 12.1. The highest BCUT2D eigenvalue weighted by Gasteiger charge is 2.27. The third kappa shape index (κ3) is 4.19. The predicted octanol–water partition coefficient (Wildman–Crippen LogP) is 2.59. The third-order valence-corrected chi connectivity index (χ3v) is 2.78. The lowest BCUT2D eigenvalue weighted by Crippen LogP contribution is -2.18. The molecule has 0 atom stereocenters. The van der Waals surface area contributed by atoms with Crippen LogP contribution in [0.2, 0.25) is 0 Å². The highest BCUT2D eigenvalue weighted by atomic mass is 19.4. The molecule has 2 rings (SSSR count). The Morgan fingerprint density at radius 2 is 2.05 bits per heavy atom. The number of alkyl halides is 3. The van der Waals surface area contributed by atoms with Crippen LogP contribution in [0.1, 0.15) is 12.2 Å². The molecule has 1 aromatic carbocycles. The minimum absolute atomic E-state index is 0.126. The fourth-order valence-corrected chi connectivity index (χ4v) is 1.95. The molecule has 5 nitrogen and oxygen atoms in total. The molecule has 114 valence electrons. The van der Waals surface area contributed by atoms with Crippen LogP contribution in [-0.4, -0.2) is 33.4 Å². The Labute approximate surface area is 118 Å². The van der Waals surface area contributed by atoms with Crippen LogP contribution >= 0.6 is 0 Å². The van der Waals surface area contributed by atoms with E-state index in [9.17, 15) is 18.0 Å². The van der Waals surface area contributed by atoms with Gasteiger partial charge in [0.05, 0.1) is 17.5 Å². The number of fused-ring (bicyclic) bond motifs is 1. The van der Waals surface area contributed by atoms with Gasteiger partial charge >= 0.3 is 12.1 Å². The number of ether oxygens (including phenoxy) is 1. The van der Waals surface area contributed by atoms with Crippen LogP contribution < -0.4 is 0 Å². The van der Waals surface area contributed by atoms with E-state index < -0.39 is 18.8 Å². The van der Waals surface area contributed by atoms with E-state index in [1.54, 1.807) is 28.8 Å². The molecule has 0 bridgehead atoms. The molecule has 1 heterocycles. The van der Waals surface area contributed by atoms with Crippen molar-refractivity contribution >= 4 is 17.0 Å². The Morgan fingerprint density at radius 3 is 2.71 bits per heavy atom. The van der Waals surface area contributed by atoms with Crippen molar-refractivity contribution in [3.05, 3.63) is 30.1 Å². The number of carbonyl (C=O) groups is 1. The molecular formula is C13H13F3N2O3. The zero-order chi connectivity index (χ0) is 15.5. The topological polar surface area (TPSA) is 64.3 Å². The van der Waals surface area contributed by atoms with E-state index in [4.69, 9.17) is 5.11 Å². The van der Waals surface area contributed by atoms with Crippen molar-refractivity contribution in [1.82, 2.24) is 9.55 Å². The SMILES string of the molecule is O=C(O)CCn1c(COCC(F)(F)F)nc2ccccc21. The van der Waals surface area contributed by atoms with Crippen molar-refractivity contribution < 1.29 is 27.8 Å². The van der Waals surface area contributed by atoms with E-state index in [2.05, 4.69) is 9.72 Å². The number of halogens is 3.